The number of amides is 1. The highest BCUT2D eigenvalue weighted by molar-refractivity contribution is 7.13. The van der Waals surface area contributed by atoms with Gasteiger partial charge in [0.1, 0.15) is 11.4 Å². The first-order chi connectivity index (χ1) is 17.5. The monoisotopic (exact) mass is 520 g/mol. The maximum Gasteiger partial charge on any atom is 0.350 e. The van der Waals surface area contributed by atoms with Gasteiger partial charge in [0.2, 0.25) is 5.91 Å². The Kier molecular flexibility index (Phi) is 7.93. The van der Waals surface area contributed by atoms with E-state index in [1.807, 2.05) is 62.1 Å². The molecule has 1 heterocycles. The van der Waals surface area contributed by atoms with E-state index in [9.17, 15) is 9.59 Å². The van der Waals surface area contributed by atoms with E-state index in [2.05, 4.69) is 28.9 Å². The van der Waals surface area contributed by atoms with Gasteiger partial charge < -0.3 is 19.7 Å². The molecule has 196 valence electrons. The van der Waals surface area contributed by atoms with Crippen LogP contribution in [0.4, 0.5) is 11.4 Å². The van der Waals surface area contributed by atoms with Gasteiger partial charge in [0, 0.05) is 41.3 Å². The molecule has 0 radical (unpaired) electrons. The van der Waals surface area contributed by atoms with Crippen LogP contribution < -0.4 is 15.0 Å². The Morgan fingerprint density at radius 1 is 1.00 bits per heavy atom. The van der Waals surface area contributed by atoms with Gasteiger partial charge >= 0.3 is 5.97 Å². The zero-order valence-corrected chi connectivity index (χ0v) is 23.1. The highest BCUT2D eigenvalue weighted by atomic mass is 32.1. The summed E-state index contributed by atoms with van der Waals surface area (Å²) in [4.78, 5) is 28.9. The van der Waals surface area contributed by atoms with Gasteiger partial charge in [-0.25, -0.2) is 4.79 Å². The molecule has 37 heavy (non-hydrogen) atoms. The van der Waals surface area contributed by atoms with E-state index < -0.39 is 17.2 Å². The molecule has 0 aliphatic heterocycles. The van der Waals surface area contributed by atoms with Crippen molar-refractivity contribution in [3.8, 4) is 16.2 Å². The summed E-state index contributed by atoms with van der Waals surface area (Å²) in [7, 11) is 0. The Morgan fingerprint density at radius 3 is 2.35 bits per heavy atom. The Labute approximate surface area is 223 Å². The molecule has 1 aliphatic rings. The van der Waals surface area contributed by atoms with Crippen molar-refractivity contribution in [3.63, 3.8) is 0 Å². The number of rotatable bonds is 10. The summed E-state index contributed by atoms with van der Waals surface area (Å²) in [6, 6.07) is 20.1. The summed E-state index contributed by atoms with van der Waals surface area (Å²) in [6.45, 7) is 9.37. The van der Waals surface area contributed by atoms with Gasteiger partial charge in [-0.2, -0.15) is 0 Å². The molecule has 1 amide bonds. The smallest absolute Gasteiger partial charge is 0.350 e. The zero-order chi connectivity index (χ0) is 26.6. The molecular formula is C30H36N2O4S. The first-order valence-corrected chi connectivity index (χ1v) is 13.6. The number of ether oxygens (including phenoxy) is 2. The fourth-order valence-electron chi connectivity index (χ4n) is 3.96. The van der Waals surface area contributed by atoms with Crippen LogP contribution in [0.15, 0.2) is 66.0 Å². The van der Waals surface area contributed by atoms with Crippen LogP contribution in [0.2, 0.25) is 0 Å². The average Bonchev–Trinajstić information content (AvgIpc) is 3.49. The molecule has 1 N–H and O–H groups in total. The molecule has 6 nitrogen and oxygen atoms in total. The zero-order valence-electron chi connectivity index (χ0n) is 22.2. The third kappa shape index (κ3) is 7.35. The van der Waals surface area contributed by atoms with Crippen molar-refractivity contribution in [1.29, 1.82) is 0 Å². The largest absolute Gasteiger partial charge is 0.476 e. The number of benzene rings is 2. The number of hydrogen-bond donors (Lipinski definition) is 1. The van der Waals surface area contributed by atoms with Crippen molar-refractivity contribution in [2.45, 2.75) is 71.1 Å². The number of carbonyl (C=O) groups excluding carboxylic acids is 2. The van der Waals surface area contributed by atoms with Gasteiger partial charge in [0.25, 0.3) is 0 Å². The summed E-state index contributed by atoms with van der Waals surface area (Å²) >= 11 is 1.71. The number of nitrogens with zero attached hydrogens (tertiary/aromatic N) is 1. The molecule has 0 spiro atoms. The van der Waals surface area contributed by atoms with E-state index >= 15 is 0 Å². The number of esters is 1. The van der Waals surface area contributed by atoms with Crippen molar-refractivity contribution >= 4 is 34.6 Å². The second-order valence-electron chi connectivity index (χ2n) is 10.8. The molecule has 7 heteroatoms. The summed E-state index contributed by atoms with van der Waals surface area (Å²) in [5.41, 5.74) is 1.22. The second-order valence-corrected chi connectivity index (χ2v) is 11.8. The van der Waals surface area contributed by atoms with Crippen molar-refractivity contribution in [2.24, 2.45) is 0 Å². The predicted molar refractivity (Wildman–Crippen MR) is 150 cm³/mol. The molecule has 3 aromatic rings. The second kappa shape index (κ2) is 11.0. The van der Waals surface area contributed by atoms with Gasteiger partial charge in [-0.1, -0.05) is 24.3 Å². The molecule has 0 bridgehead atoms. The van der Waals surface area contributed by atoms with E-state index in [1.165, 1.54) is 10.4 Å². The summed E-state index contributed by atoms with van der Waals surface area (Å²) in [6.07, 6.45) is 2.45. The Hall–Kier alpha value is -3.32. The first-order valence-electron chi connectivity index (χ1n) is 12.7. The van der Waals surface area contributed by atoms with Gasteiger partial charge in [0.05, 0.1) is 0 Å². The van der Waals surface area contributed by atoms with Crippen LogP contribution in [0.25, 0.3) is 10.4 Å². The Balaban J connectivity index is 1.33. The SMILES string of the molecule is CC(C)(C)OC(=O)C(C)(C)Oc1cccc(NCCC(=O)N(c2ccc(-c3cccs3)cc2)C2CC2)c1. The normalized spacial score (nSPS) is 13.6. The van der Waals surface area contributed by atoms with E-state index in [1.54, 1.807) is 31.3 Å². The average molecular weight is 521 g/mol. The van der Waals surface area contributed by atoms with Crippen molar-refractivity contribution in [1.82, 2.24) is 0 Å². The molecule has 4 rings (SSSR count). The Bertz CT molecular complexity index is 1210. The molecule has 1 fully saturated rings. The van der Waals surface area contributed by atoms with E-state index in [0.29, 0.717) is 18.7 Å². The molecule has 0 saturated heterocycles. The summed E-state index contributed by atoms with van der Waals surface area (Å²) < 4.78 is 11.4. The standard InChI is InChI=1S/C30H36N2O4S/c1-29(2,3)36-28(34)30(4,5)35-25-9-6-8-22(20-25)31-18-17-27(33)32(24-15-16-24)23-13-11-21(12-14-23)26-10-7-19-37-26/h6-14,19-20,24,31H,15-18H2,1-5H3. The molecule has 1 aliphatic carbocycles. The van der Waals surface area contributed by atoms with E-state index in [4.69, 9.17) is 9.47 Å². The number of nitrogens with one attached hydrogen (secondary N) is 1. The number of carbonyl (C=O) groups is 2. The Morgan fingerprint density at radius 2 is 1.73 bits per heavy atom. The van der Waals surface area contributed by atoms with Crippen LogP contribution in [0, 0.1) is 0 Å². The fourth-order valence-corrected chi connectivity index (χ4v) is 4.69. The lowest BCUT2D eigenvalue weighted by Crippen LogP contribution is -2.43. The highest BCUT2D eigenvalue weighted by Crippen LogP contribution is 2.34. The number of anilines is 2. The van der Waals surface area contributed by atoms with Crippen molar-refractivity contribution < 1.29 is 19.1 Å². The topological polar surface area (TPSA) is 67.9 Å². The van der Waals surface area contributed by atoms with E-state index in [0.717, 1.165) is 24.2 Å². The third-order valence-electron chi connectivity index (χ3n) is 5.90. The molecule has 1 aromatic heterocycles. The number of hydrogen-bond acceptors (Lipinski definition) is 6. The van der Waals surface area contributed by atoms with Crippen LogP contribution >= 0.6 is 11.3 Å². The minimum atomic E-state index is -1.13. The summed E-state index contributed by atoms with van der Waals surface area (Å²) in [5.74, 6) is 0.238. The van der Waals surface area contributed by atoms with Crippen LogP contribution in [0.3, 0.4) is 0 Å². The van der Waals surface area contributed by atoms with Crippen LogP contribution in [0.5, 0.6) is 5.75 Å². The maximum atomic E-state index is 13.2. The van der Waals surface area contributed by atoms with Crippen LogP contribution in [-0.2, 0) is 14.3 Å². The molecule has 0 atom stereocenters. The lowest BCUT2D eigenvalue weighted by Gasteiger charge is -2.29. The van der Waals surface area contributed by atoms with Gasteiger partial charge in [-0.15, -0.1) is 11.3 Å². The lowest BCUT2D eigenvalue weighted by molar-refractivity contribution is -0.170. The summed E-state index contributed by atoms with van der Waals surface area (Å²) in [5, 5.41) is 5.39. The van der Waals surface area contributed by atoms with Gasteiger partial charge in [-0.05, 0) is 88.7 Å². The van der Waals surface area contributed by atoms with Crippen molar-refractivity contribution in [3.05, 3.63) is 66.0 Å². The fraction of sp³-hybridized carbons (Fsp3) is 0.400. The molecule has 1 saturated carbocycles. The quantitative estimate of drug-likeness (QED) is 0.294. The van der Waals surface area contributed by atoms with Crippen LogP contribution in [0.1, 0.15) is 53.9 Å². The van der Waals surface area contributed by atoms with E-state index in [-0.39, 0.29) is 11.9 Å². The minimum Gasteiger partial charge on any atom is -0.476 e. The molecule has 0 unspecified atom stereocenters. The minimum absolute atomic E-state index is 0.109. The lowest BCUT2D eigenvalue weighted by atomic mass is 10.1. The molecular weight excluding hydrogens is 484 g/mol. The van der Waals surface area contributed by atoms with Gasteiger partial charge in [0.15, 0.2) is 5.60 Å². The molecule has 2 aromatic carbocycles. The predicted octanol–water partition coefficient (Wildman–Crippen LogP) is 6.91. The highest BCUT2D eigenvalue weighted by Gasteiger charge is 2.35. The van der Waals surface area contributed by atoms with Crippen molar-refractivity contribution in [2.75, 3.05) is 16.8 Å². The van der Waals surface area contributed by atoms with Crippen LogP contribution in [-0.4, -0.2) is 35.7 Å². The first kappa shape index (κ1) is 26.7. The van der Waals surface area contributed by atoms with Gasteiger partial charge in [-0.3, -0.25) is 4.79 Å². The third-order valence-corrected chi connectivity index (χ3v) is 6.82. The number of thiophene rings is 1. The maximum absolute atomic E-state index is 13.2.